The second kappa shape index (κ2) is 9.25. The Kier molecular flexibility index (Phi) is 6.22. The van der Waals surface area contributed by atoms with E-state index in [2.05, 4.69) is 11.4 Å². The van der Waals surface area contributed by atoms with Crippen molar-refractivity contribution >= 4 is 23.7 Å². The fourth-order valence-corrected chi connectivity index (χ4v) is 3.63. The van der Waals surface area contributed by atoms with E-state index in [1.54, 1.807) is 44.6 Å². The molecule has 0 atom stereocenters. The average Bonchev–Trinajstić information content (AvgIpc) is 2.82. The Morgan fingerprint density at radius 3 is 2.45 bits per heavy atom. The van der Waals surface area contributed by atoms with Crippen molar-refractivity contribution in [1.29, 1.82) is 0 Å². The van der Waals surface area contributed by atoms with E-state index in [1.807, 2.05) is 56.3 Å². The van der Waals surface area contributed by atoms with Gasteiger partial charge in [-0.15, -0.1) is 0 Å². The highest BCUT2D eigenvalue weighted by molar-refractivity contribution is 6.02. The summed E-state index contributed by atoms with van der Waals surface area (Å²) in [6.45, 7) is 4.05. The minimum absolute atomic E-state index is 0.214. The molecule has 0 aliphatic carbocycles. The van der Waals surface area contributed by atoms with Gasteiger partial charge in [0.1, 0.15) is 22.8 Å². The molecule has 0 spiro atoms. The minimum atomic E-state index is -0.407. The lowest BCUT2D eigenvalue weighted by Crippen LogP contribution is -2.27. The maximum atomic E-state index is 12.5. The zero-order chi connectivity index (χ0) is 23.4. The third-order valence-corrected chi connectivity index (χ3v) is 5.33. The van der Waals surface area contributed by atoms with Gasteiger partial charge in [0.05, 0.1) is 14.2 Å². The van der Waals surface area contributed by atoms with Crippen molar-refractivity contribution in [3.05, 3.63) is 83.9 Å². The molecule has 168 valence electrons. The van der Waals surface area contributed by atoms with Crippen molar-refractivity contribution in [3.63, 3.8) is 0 Å². The summed E-state index contributed by atoms with van der Waals surface area (Å²) in [5, 5.41) is 2.86. The second-order valence-electron chi connectivity index (χ2n) is 8.31. The number of carbonyl (C=O) groups excluding carboxylic acids is 1. The molecule has 0 radical (unpaired) electrons. The monoisotopic (exact) mass is 441 g/mol. The number of fused-ring (bicyclic) bond motifs is 1. The third kappa shape index (κ3) is 5.26. The molecule has 1 aliphatic rings. The van der Waals surface area contributed by atoms with Gasteiger partial charge in [0.25, 0.3) is 0 Å². The van der Waals surface area contributed by atoms with Crippen molar-refractivity contribution in [2.75, 3.05) is 19.5 Å². The molecule has 4 rings (SSSR count). The van der Waals surface area contributed by atoms with Crippen LogP contribution in [0.2, 0.25) is 0 Å². The number of nitrogens with one attached hydrogen (secondary N) is 1. The summed E-state index contributed by atoms with van der Waals surface area (Å²) < 4.78 is 16.9. The van der Waals surface area contributed by atoms with Crippen molar-refractivity contribution < 1.29 is 19.0 Å². The number of amides is 1. The highest BCUT2D eigenvalue weighted by Crippen LogP contribution is 2.41. The average molecular weight is 442 g/mol. The Morgan fingerprint density at radius 2 is 1.73 bits per heavy atom. The van der Waals surface area contributed by atoms with Gasteiger partial charge in [-0.2, -0.15) is 0 Å². The molecule has 0 unspecified atom stereocenters. The lowest BCUT2D eigenvalue weighted by Gasteiger charge is -2.30. The molecule has 3 aromatic rings. The van der Waals surface area contributed by atoms with Crippen molar-refractivity contribution in [3.8, 4) is 28.4 Å². The molecule has 1 aliphatic heterocycles. The number of hydrogen-bond acceptors (Lipinski definition) is 4. The van der Waals surface area contributed by atoms with Gasteiger partial charge < -0.3 is 19.5 Å². The van der Waals surface area contributed by atoms with Crippen LogP contribution in [0, 0.1) is 0 Å². The summed E-state index contributed by atoms with van der Waals surface area (Å²) in [6.07, 6.45) is 7.43. The minimum Gasteiger partial charge on any atom is -0.497 e. The zero-order valence-electron chi connectivity index (χ0n) is 19.2. The Labute approximate surface area is 194 Å². The molecular formula is C28H27NO4. The summed E-state index contributed by atoms with van der Waals surface area (Å²) in [6, 6.07) is 19.1. The van der Waals surface area contributed by atoms with Crippen molar-refractivity contribution in [2.45, 2.75) is 19.4 Å². The van der Waals surface area contributed by atoms with Crippen LogP contribution in [-0.4, -0.2) is 25.7 Å². The van der Waals surface area contributed by atoms with Gasteiger partial charge in [0.2, 0.25) is 5.91 Å². The van der Waals surface area contributed by atoms with Crippen LogP contribution in [0.1, 0.15) is 25.0 Å². The molecule has 0 saturated carbocycles. The van der Waals surface area contributed by atoms with E-state index in [0.717, 1.165) is 39.5 Å². The number of ether oxygens (including phenoxy) is 3. The zero-order valence-corrected chi connectivity index (χ0v) is 19.2. The highest BCUT2D eigenvalue weighted by atomic mass is 16.5. The van der Waals surface area contributed by atoms with Crippen LogP contribution in [0.3, 0.4) is 0 Å². The van der Waals surface area contributed by atoms with Crippen LogP contribution in [0.15, 0.2) is 72.8 Å². The lowest BCUT2D eigenvalue weighted by molar-refractivity contribution is -0.111. The smallest absolute Gasteiger partial charge is 0.248 e. The van der Waals surface area contributed by atoms with Gasteiger partial charge in [-0.25, -0.2) is 0 Å². The first-order valence-electron chi connectivity index (χ1n) is 10.7. The Bertz CT molecular complexity index is 1220. The van der Waals surface area contributed by atoms with Gasteiger partial charge >= 0.3 is 0 Å². The predicted molar refractivity (Wildman–Crippen MR) is 133 cm³/mol. The maximum absolute atomic E-state index is 12.5. The fraction of sp³-hybridized carbons (Fsp3) is 0.179. The van der Waals surface area contributed by atoms with Crippen LogP contribution >= 0.6 is 0 Å². The van der Waals surface area contributed by atoms with E-state index in [4.69, 9.17) is 14.2 Å². The maximum Gasteiger partial charge on any atom is 0.248 e. The first kappa shape index (κ1) is 22.2. The largest absolute Gasteiger partial charge is 0.497 e. The SMILES string of the molecule is COc1ccc(NC(=O)/C=C/c2cc3c(c(-c4cccc(OC)c4)c2)OC(C)(C)C=C3)cc1. The summed E-state index contributed by atoms with van der Waals surface area (Å²) >= 11 is 0. The Hall–Kier alpha value is -3.99. The first-order valence-corrected chi connectivity index (χ1v) is 10.7. The number of carbonyl (C=O) groups is 1. The molecule has 1 heterocycles. The van der Waals surface area contributed by atoms with Crippen LogP contribution < -0.4 is 19.5 Å². The number of hydrogen-bond donors (Lipinski definition) is 1. The van der Waals surface area contributed by atoms with Crippen LogP contribution in [0.25, 0.3) is 23.3 Å². The van der Waals surface area contributed by atoms with E-state index in [0.29, 0.717) is 5.69 Å². The van der Waals surface area contributed by atoms with Gasteiger partial charge in [-0.1, -0.05) is 18.2 Å². The lowest BCUT2D eigenvalue weighted by atomic mass is 9.94. The fourth-order valence-electron chi connectivity index (χ4n) is 3.63. The highest BCUT2D eigenvalue weighted by Gasteiger charge is 2.25. The van der Waals surface area contributed by atoms with E-state index < -0.39 is 5.60 Å². The third-order valence-electron chi connectivity index (χ3n) is 5.33. The quantitative estimate of drug-likeness (QED) is 0.462. The van der Waals surface area contributed by atoms with Crippen LogP contribution in [-0.2, 0) is 4.79 Å². The van der Waals surface area contributed by atoms with Crippen molar-refractivity contribution in [1.82, 2.24) is 0 Å². The molecule has 5 heteroatoms. The molecule has 0 aromatic heterocycles. The first-order chi connectivity index (χ1) is 15.9. The van der Waals surface area contributed by atoms with E-state index >= 15 is 0 Å². The summed E-state index contributed by atoms with van der Waals surface area (Å²) in [7, 11) is 3.26. The molecule has 5 nitrogen and oxygen atoms in total. The summed E-state index contributed by atoms with van der Waals surface area (Å²) in [4.78, 5) is 12.5. The van der Waals surface area contributed by atoms with E-state index in [9.17, 15) is 4.79 Å². The number of benzene rings is 3. The molecule has 0 saturated heterocycles. The van der Waals surface area contributed by atoms with Gasteiger partial charge in [-0.05, 0) is 85.7 Å². The van der Waals surface area contributed by atoms with Gasteiger partial charge in [0.15, 0.2) is 0 Å². The molecular weight excluding hydrogens is 414 g/mol. The molecule has 3 aromatic carbocycles. The topological polar surface area (TPSA) is 56.8 Å². The van der Waals surface area contributed by atoms with Gasteiger partial charge in [0, 0.05) is 22.9 Å². The Morgan fingerprint density at radius 1 is 0.970 bits per heavy atom. The molecule has 0 fully saturated rings. The van der Waals surface area contributed by atoms with Crippen molar-refractivity contribution in [2.24, 2.45) is 0 Å². The van der Waals surface area contributed by atoms with Gasteiger partial charge in [-0.3, -0.25) is 4.79 Å². The number of anilines is 1. The summed E-state index contributed by atoms with van der Waals surface area (Å²) in [5.41, 5.74) is 4.07. The number of methoxy groups -OCH3 is 2. The van der Waals surface area contributed by atoms with Crippen LogP contribution in [0.5, 0.6) is 17.2 Å². The Balaban J connectivity index is 1.65. The standard InChI is InChI=1S/C28H27NO4/c1-28(2)15-14-21-16-19(8-13-26(30)29-22-9-11-23(31-3)12-10-22)17-25(27(21)33-28)20-6-5-7-24(18-20)32-4/h5-18H,1-4H3,(H,29,30)/b13-8+. The normalized spacial score (nSPS) is 13.8. The van der Waals surface area contributed by atoms with Crippen LogP contribution in [0.4, 0.5) is 5.69 Å². The molecule has 0 bridgehead atoms. The van der Waals surface area contributed by atoms with E-state index in [1.165, 1.54) is 6.08 Å². The second-order valence-corrected chi connectivity index (χ2v) is 8.31. The molecule has 1 N–H and O–H groups in total. The molecule has 33 heavy (non-hydrogen) atoms. The molecule has 1 amide bonds. The number of rotatable bonds is 6. The van der Waals surface area contributed by atoms with E-state index in [-0.39, 0.29) is 5.91 Å². The summed E-state index contributed by atoms with van der Waals surface area (Å²) in [5.74, 6) is 2.11. The predicted octanol–water partition coefficient (Wildman–Crippen LogP) is 6.21.